The second-order valence-electron chi connectivity index (χ2n) is 3.77. The van der Waals surface area contributed by atoms with Gasteiger partial charge in [-0.2, -0.15) is 0 Å². The van der Waals surface area contributed by atoms with Crippen molar-refractivity contribution < 1.29 is 18.7 Å². The molecule has 19 heavy (non-hydrogen) atoms. The van der Waals surface area contributed by atoms with E-state index in [2.05, 4.69) is 5.32 Å². The van der Waals surface area contributed by atoms with E-state index in [0.29, 0.717) is 0 Å². The molecule has 0 aliphatic carbocycles. The fourth-order valence-corrected chi connectivity index (χ4v) is 1.74. The fraction of sp³-hybridized carbons (Fsp3) is 0. The van der Waals surface area contributed by atoms with Gasteiger partial charge in [0.1, 0.15) is 17.4 Å². The smallest absolute Gasteiger partial charge is 0.259 e. The standard InChI is InChI=1S/C13H8ClF2NO2/c14-7-3-9(16)5-10(4-7)17-13(19)11-2-1-8(15)6-12(11)18/h1-6,18H,(H,17,19). The van der Waals surface area contributed by atoms with Gasteiger partial charge in [0.25, 0.3) is 5.91 Å². The Labute approximate surface area is 112 Å². The van der Waals surface area contributed by atoms with Crippen LogP contribution < -0.4 is 5.32 Å². The molecule has 2 rings (SSSR count). The summed E-state index contributed by atoms with van der Waals surface area (Å²) in [6, 6.07) is 6.49. The zero-order chi connectivity index (χ0) is 14.0. The zero-order valence-electron chi connectivity index (χ0n) is 9.45. The first-order chi connectivity index (χ1) is 8.95. The number of benzene rings is 2. The lowest BCUT2D eigenvalue weighted by molar-refractivity contribution is 0.102. The van der Waals surface area contributed by atoms with Gasteiger partial charge >= 0.3 is 0 Å². The maximum Gasteiger partial charge on any atom is 0.259 e. The predicted molar refractivity (Wildman–Crippen MR) is 67.4 cm³/mol. The summed E-state index contributed by atoms with van der Waals surface area (Å²) in [7, 11) is 0. The van der Waals surface area contributed by atoms with Crippen molar-refractivity contribution in [3.05, 3.63) is 58.6 Å². The van der Waals surface area contributed by atoms with Crippen molar-refractivity contribution in [3.63, 3.8) is 0 Å². The Balaban J connectivity index is 2.25. The highest BCUT2D eigenvalue weighted by Crippen LogP contribution is 2.22. The molecule has 0 aromatic heterocycles. The molecule has 0 radical (unpaired) electrons. The van der Waals surface area contributed by atoms with Crippen molar-refractivity contribution in [2.45, 2.75) is 0 Å². The predicted octanol–water partition coefficient (Wildman–Crippen LogP) is 3.58. The van der Waals surface area contributed by atoms with Crippen molar-refractivity contribution in [2.75, 3.05) is 5.32 Å². The van der Waals surface area contributed by atoms with E-state index in [1.54, 1.807) is 0 Å². The summed E-state index contributed by atoms with van der Waals surface area (Å²) in [5.74, 6) is -2.46. The number of nitrogens with one attached hydrogen (secondary N) is 1. The molecule has 0 aliphatic rings. The van der Waals surface area contributed by atoms with Crippen LogP contribution in [0.15, 0.2) is 36.4 Å². The summed E-state index contributed by atoms with van der Waals surface area (Å²) in [5.41, 5.74) is 0.0144. The molecule has 0 fully saturated rings. The maximum absolute atomic E-state index is 13.1. The number of hydrogen-bond acceptors (Lipinski definition) is 2. The maximum atomic E-state index is 13.1. The van der Waals surface area contributed by atoms with Crippen LogP contribution in [-0.4, -0.2) is 11.0 Å². The minimum Gasteiger partial charge on any atom is -0.507 e. The molecule has 3 nitrogen and oxygen atoms in total. The van der Waals surface area contributed by atoms with Crippen LogP contribution in [0.5, 0.6) is 5.75 Å². The monoisotopic (exact) mass is 283 g/mol. The summed E-state index contributed by atoms with van der Waals surface area (Å²) in [6.07, 6.45) is 0. The van der Waals surface area contributed by atoms with E-state index in [1.165, 1.54) is 6.07 Å². The highest BCUT2D eigenvalue weighted by Gasteiger charge is 2.12. The van der Waals surface area contributed by atoms with Crippen molar-refractivity contribution in [1.82, 2.24) is 0 Å². The molecule has 0 aliphatic heterocycles. The first-order valence-electron chi connectivity index (χ1n) is 5.21. The minimum absolute atomic E-state index is 0.123. The van der Waals surface area contributed by atoms with Crippen LogP contribution >= 0.6 is 11.6 Å². The quantitative estimate of drug-likeness (QED) is 0.885. The topological polar surface area (TPSA) is 49.3 Å². The fourth-order valence-electron chi connectivity index (χ4n) is 1.52. The Morgan fingerprint density at radius 1 is 1.11 bits per heavy atom. The minimum atomic E-state index is -0.695. The van der Waals surface area contributed by atoms with E-state index in [4.69, 9.17) is 11.6 Å². The van der Waals surface area contributed by atoms with E-state index >= 15 is 0 Å². The van der Waals surface area contributed by atoms with E-state index in [-0.39, 0.29) is 16.3 Å². The van der Waals surface area contributed by atoms with Gasteiger partial charge in [0, 0.05) is 16.8 Å². The van der Waals surface area contributed by atoms with Crippen molar-refractivity contribution >= 4 is 23.2 Å². The number of carbonyl (C=O) groups excluding carboxylic acids is 1. The number of phenols is 1. The average Bonchev–Trinajstić information content (AvgIpc) is 2.26. The molecule has 0 saturated carbocycles. The molecule has 2 aromatic carbocycles. The number of anilines is 1. The SMILES string of the molecule is O=C(Nc1cc(F)cc(Cl)c1)c1ccc(F)cc1O. The molecular formula is C13H8ClF2NO2. The average molecular weight is 284 g/mol. The van der Waals surface area contributed by atoms with Gasteiger partial charge in [-0.15, -0.1) is 0 Å². The molecule has 98 valence electrons. The van der Waals surface area contributed by atoms with Crippen LogP contribution in [0.1, 0.15) is 10.4 Å². The number of carbonyl (C=O) groups is 1. The van der Waals surface area contributed by atoms with E-state index in [1.807, 2.05) is 0 Å². The normalized spacial score (nSPS) is 10.3. The number of aromatic hydroxyl groups is 1. The molecule has 0 saturated heterocycles. The van der Waals surface area contributed by atoms with Crippen LogP contribution in [0.25, 0.3) is 0 Å². The summed E-state index contributed by atoms with van der Waals surface area (Å²) >= 11 is 5.64. The molecule has 2 N–H and O–H groups in total. The Morgan fingerprint density at radius 3 is 2.47 bits per heavy atom. The Bertz CT molecular complexity index is 626. The van der Waals surface area contributed by atoms with Crippen LogP contribution in [0.2, 0.25) is 5.02 Å². The Morgan fingerprint density at radius 2 is 1.84 bits per heavy atom. The molecular weight excluding hydrogens is 276 g/mol. The second-order valence-corrected chi connectivity index (χ2v) is 4.21. The highest BCUT2D eigenvalue weighted by atomic mass is 35.5. The number of hydrogen-bond donors (Lipinski definition) is 2. The molecule has 6 heteroatoms. The lowest BCUT2D eigenvalue weighted by atomic mass is 10.1. The van der Waals surface area contributed by atoms with Gasteiger partial charge in [-0.1, -0.05) is 11.6 Å². The molecule has 0 unspecified atom stereocenters. The van der Waals surface area contributed by atoms with Gasteiger partial charge in [-0.25, -0.2) is 8.78 Å². The van der Waals surface area contributed by atoms with E-state index in [0.717, 1.165) is 30.3 Å². The Hall–Kier alpha value is -2.14. The van der Waals surface area contributed by atoms with Crippen LogP contribution in [0.4, 0.5) is 14.5 Å². The lowest BCUT2D eigenvalue weighted by Crippen LogP contribution is -2.12. The molecule has 0 bridgehead atoms. The largest absolute Gasteiger partial charge is 0.507 e. The highest BCUT2D eigenvalue weighted by molar-refractivity contribution is 6.31. The van der Waals surface area contributed by atoms with Crippen molar-refractivity contribution in [1.29, 1.82) is 0 Å². The Kier molecular flexibility index (Phi) is 3.66. The summed E-state index contributed by atoms with van der Waals surface area (Å²) in [5, 5.41) is 11.9. The van der Waals surface area contributed by atoms with E-state index < -0.39 is 23.3 Å². The number of amides is 1. The van der Waals surface area contributed by atoms with Gasteiger partial charge in [0.2, 0.25) is 0 Å². The summed E-state index contributed by atoms with van der Waals surface area (Å²) in [4.78, 5) is 11.8. The molecule has 0 heterocycles. The third-order valence-electron chi connectivity index (χ3n) is 2.32. The zero-order valence-corrected chi connectivity index (χ0v) is 10.2. The van der Waals surface area contributed by atoms with Crippen LogP contribution in [0, 0.1) is 11.6 Å². The van der Waals surface area contributed by atoms with Crippen molar-refractivity contribution in [3.8, 4) is 5.75 Å². The van der Waals surface area contributed by atoms with Gasteiger partial charge in [-0.05, 0) is 30.3 Å². The second kappa shape index (κ2) is 5.24. The summed E-state index contributed by atoms with van der Waals surface area (Å²) < 4.78 is 25.9. The number of phenolic OH excluding ortho intramolecular Hbond substituents is 1. The molecule has 0 spiro atoms. The molecule has 0 atom stereocenters. The summed E-state index contributed by atoms with van der Waals surface area (Å²) in [6.45, 7) is 0. The molecule has 2 aromatic rings. The van der Waals surface area contributed by atoms with Gasteiger partial charge in [0.15, 0.2) is 0 Å². The first kappa shape index (κ1) is 13.3. The van der Waals surface area contributed by atoms with Gasteiger partial charge in [-0.3, -0.25) is 4.79 Å². The van der Waals surface area contributed by atoms with E-state index in [9.17, 15) is 18.7 Å². The van der Waals surface area contributed by atoms with Crippen molar-refractivity contribution in [2.24, 2.45) is 0 Å². The lowest BCUT2D eigenvalue weighted by Gasteiger charge is -2.07. The van der Waals surface area contributed by atoms with Crippen LogP contribution in [-0.2, 0) is 0 Å². The number of halogens is 3. The third kappa shape index (κ3) is 3.20. The van der Waals surface area contributed by atoms with Crippen LogP contribution in [0.3, 0.4) is 0 Å². The van der Waals surface area contributed by atoms with Gasteiger partial charge < -0.3 is 10.4 Å². The third-order valence-corrected chi connectivity index (χ3v) is 2.54. The number of rotatable bonds is 2. The first-order valence-corrected chi connectivity index (χ1v) is 5.59. The van der Waals surface area contributed by atoms with Gasteiger partial charge in [0.05, 0.1) is 5.56 Å². The molecule has 1 amide bonds.